The lowest BCUT2D eigenvalue weighted by atomic mass is 9.99. The summed E-state index contributed by atoms with van der Waals surface area (Å²) in [6.07, 6.45) is 0.0216. The zero-order valence-corrected chi connectivity index (χ0v) is 11.1. The molecule has 1 unspecified atom stereocenters. The van der Waals surface area contributed by atoms with Gasteiger partial charge >= 0.3 is 6.61 Å². The van der Waals surface area contributed by atoms with Crippen molar-refractivity contribution in [2.24, 2.45) is 0 Å². The highest BCUT2D eigenvalue weighted by atomic mass is 19.3. The van der Waals surface area contributed by atoms with Gasteiger partial charge < -0.3 is 14.6 Å². The predicted octanol–water partition coefficient (Wildman–Crippen LogP) is 3.30. The van der Waals surface area contributed by atoms with Crippen LogP contribution in [-0.2, 0) is 6.42 Å². The van der Waals surface area contributed by atoms with Crippen molar-refractivity contribution in [2.45, 2.75) is 19.1 Å². The number of rotatable bonds is 4. The van der Waals surface area contributed by atoms with Crippen LogP contribution in [0.2, 0.25) is 0 Å². The average molecular weight is 292 g/mol. The van der Waals surface area contributed by atoms with E-state index in [1.807, 2.05) is 12.1 Å². The molecule has 0 aromatic heterocycles. The highest BCUT2D eigenvalue weighted by molar-refractivity contribution is 5.43. The van der Waals surface area contributed by atoms with Crippen LogP contribution in [0.4, 0.5) is 8.78 Å². The fraction of sp³-hybridized carbons (Fsp3) is 0.250. The monoisotopic (exact) mass is 292 g/mol. The molecular formula is C16H14F2O3. The number of halogens is 2. The molecule has 3 nitrogen and oxygen atoms in total. The molecule has 110 valence electrons. The van der Waals surface area contributed by atoms with Gasteiger partial charge in [-0.2, -0.15) is 8.78 Å². The van der Waals surface area contributed by atoms with E-state index in [1.165, 1.54) is 12.1 Å². The number of ether oxygens (including phenoxy) is 2. The van der Waals surface area contributed by atoms with Gasteiger partial charge in [0, 0.05) is 6.42 Å². The van der Waals surface area contributed by atoms with E-state index in [9.17, 15) is 13.9 Å². The van der Waals surface area contributed by atoms with Gasteiger partial charge in [0.15, 0.2) is 0 Å². The van der Waals surface area contributed by atoms with Crippen molar-refractivity contribution >= 4 is 0 Å². The molecule has 0 bridgehead atoms. The van der Waals surface area contributed by atoms with Crippen molar-refractivity contribution in [3.8, 4) is 11.5 Å². The Kier molecular flexibility index (Phi) is 3.75. The van der Waals surface area contributed by atoms with Crippen LogP contribution in [0.1, 0.15) is 22.8 Å². The lowest BCUT2D eigenvalue weighted by Gasteiger charge is -2.13. The minimum Gasteiger partial charge on any atom is -0.493 e. The summed E-state index contributed by atoms with van der Waals surface area (Å²) in [5.41, 5.74) is 2.45. The molecule has 0 radical (unpaired) electrons. The topological polar surface area (TPSA) is 38.7 Å². The molecule has 2 aromatic carbocycles. The van der Waals surface area contributed by atoms with E-state index in [-0.39, 0.29) is 5.75 Å². The second kappa shape index (κ2) is 5.69. The number of aliphatic hydroxyl groups excluding tert-OH is 1. The highest BCUT2D eigenvalue weighted by Crippen LogP contribution is 2.31. The van der Waals surface area contributed by atoms with Crippen LogP contribution in [0.25, 0.3) is 0 Å². The molecular weight excluding hydrogens is 278 g/mol. The maximum Gasteiger partial charge on any atom is 0.387 e. The van der Waals surface area contributed by atoms with Crippen LogP contribution in [0.5, 0.6) is 11.5 Å². The normalized spacial score (nSPS) is 14.7. The fourth-order valence-corrected chi connectivity index (χ4v) is 2.40. The number of hydrogen-bond donors (Lipinski definition) is 1. The first-order chi connectivity index (χ1) is 10.1. The lowest BCUT2D eigenvalue weighted by molar-refractivity contribution is -0.0498. The maximum atomic E-state index is 12.1. The van der Waals surface area contributed by atoms with Gasteiger partial charge in [-0.3, -0.25) is 0 Å². The largest absolute Gasteiger partial charge is 0.493 e. The molecule has 1 N–H and O–H groups in total. The average Bonchev–Trinajstić information content (AvgIpc) is 2.94. The number of hydrogen-bond acceptors (Lipinski definition) is 3. The third kappa shape index (κ3) is 2.97. The summed E-state index contributed by atoms with van der Waals surface area (Å²) < 4.78 is 33.9. The molecule has 1 heterocycles. The van der Waals surface area contributed by atoms with E-state index in [4.69, 9.17) is 4.74 Å². The van der Waals surface area contributed by atoms with Crippen LogP contribution >= 0.6 is 0 Å². The van der Waals surface area contributed by atoms with Crippen LogP contribution in [0, 0.1) is 0 Å². The summed E-state index contributed by atoms with van der Waals surface area (Å²) in [5, 5.41) is 10.4. The molecule has 3 rings (SSSR count). The van der Waals surface area contributed by atoms with Crippen molar-refractivity contribution in [3.63, 3.8) is 0 Å². The summed E-state index contributed by atoms with van der Waals surface area (Å²) in [5.74, 6) is 0.926. The van der Waals surface area contributed by atoms with Crippen molar-refractivity contribution in [1.82, 2.24) is 0 Å². The van der Waals surface area contributed by atoms with Crippen molar-refractivity contribution in [2.75, 3.05) is 6.61 Å². The Morgan fingerprint density at radius 1 is 1.05 bits per heavy atom. The van der Waals surface area contributed by atoms with E-state index in [2.05, 4.69) is 4.74 Å². The Balaban J connectivity index is 1.79. The Labute approximate surface area is 120 Å². The molecule has 0 spiro atoms. The number of fused-ring (bicyclic) bond motifs is 1. The van der Waals surface area contributed by atoms with Gasteiger partial charge in [0.1, 0.15) is 17.6 Å². The van der Waals surface area contributed by atoms with E-state index < -0.39 is 12.7 Å². The number of benzene rings is 2. The molecule has 2 aromatic rings. The molecule has 0 amide bonds. The smallest absolute Gasteiger partial charge is 0.387 e. The Bertz CT molecular complexity index is 626. The SMILES string of the molecule is OC(c1ccc(OC(F)F)cc1)c1ccc2c(c1)CCO2. The van der Waals surface area contributed by atoms with Gasteiger partial charge in [-0.05, 0) is 41.0 Å². The minimum atomic E-state index is -2.85. The first kappa shape index (κ1) is 13.8. The quantitative estimate of drug-likeness (QED) is 0.939. The summed E-state index contributed by atoms with van der Waals surface area (Å²) >= 11 is 0. The van der Waals surface area contributed by atoms with E-state index >= 15 is 0 Å². The van der Waals surface area contributed by atoms with Crippen molar-refractivity contribution in [3.05, 3.63) is 59.2 Å². The van der Waals surface area contributed by atoms with Crippen LogP contribution in [-0.4, -0.2) is 18.3 Å². The first-order valence-corrected chi connectivity index (χ1v) is 6.62. The molecule has 1 atom stereocenters. The Hall–Kier alpha value is -2.14. The summed E-state index contributed by atoms with van der Waals surface area (Å²) in [7, 11) is 0. The van der Waals surface area contributed by atoms with E-state index in [1.54, 1.807) is 18.2 Å². The van der Waals surface area contributed by atoms with Gasteiger partial charge in [0.2, 0.25) is 0 Å². The molecule has 0 fully saturated rings. The number of aliphatic hydroxyl groups is 1. The third-order valence-electron chi connectivity index (χ3n) is 3.45. The molecule has 0 saturated carbocycles. The van der Waals surface area contributed by atoms with Gasteiger partial charge in [-0.25, -0.2) is 0 Å². The van der Waals surface area contributed by atoms with Crippen molar-refractivity contribution in [1.29, 1.82) is 0 Å². The second-order valence-corrected chi connectivity index (χ2v) is 4.82. The fourth-order valence-electron chi connectivity index (χ4n) is 2.40. The minimum absolute atomic E-state index is 0.0725. The Morgan fingerprint density at radius 3 is 2.48 bits per heavy atom. The maximum absolute atomic E-state index is 12.1. The molecule has 0 aliphatic carbocycles. The molecule has 0 saturated heterocycles. The van der Waals surface area contributed by atoms with E-state index in [0.29, 0.717) is 12.2 Å². The third-order valence-corrected chi connectivity index (χ3v) is 3.45. The van der Waals surface area contributed by atoms with Crippen molar-refractivity contribution < 1.29 is 23.4 Å². The summed E-state index contributed by atoms with van der Waals surface area (Å²) in [6, 6.07) is 11.5. The lowest BCUT2D eigenvalue weighted by Crippen LogP contribution is -2.03. The van der Waals surface area contributed by atoms with E-state index in [0.717, 1.165) is 23.3 Å². The summed E-state index contributed by atoms with van der Waals surface area (Å²) in [6.45, 7) is -2.19. The standard InChI is InChI=1S/C16H14F2O3/c17-16(18)21-13-4-1-10(2-5-13)15(19)12-3-6-14-11(9-12)7-8-20-14/h1-6,9,15-16,19H,7-8H2. The highest BCUT2D eigenvalue weighted by Gasteiger charge is 2.16. The molecule has 21 heavy (non-hydrogen) atoms. The zero-order valence-electron chi connectivity index (χ0n) is 11.1. The van der Waals surface area contributed by atoms with Gasteiger partial charge in [0.05, 0.1) is 6.61 Å². The zero-order chi connectivity index (χ0) is 14.8. The van der Waals surface area contributed by atoms with Crippen LogP contribution in [0.15, 0.2) is 42.5 Å². The summed E-state index contributed by atoms with van der Waals surface area (Å²) in [4.78, 5) is 0. The number of alkyl halides is 2. The van der Waals surface area contributed by atoms with Gasteiger partial charge in [0.25, 0.3) is 0 Å². The Morgan fingerprint density at radius 2 is 1.76 bits per heavy atom. The molecule has 1 aliphatic heterocycles. The van der Waals surface area contributed by atoms with Gasteiger partial charge in [-0.1, -0.05) is 18.2 Å². The first-order valence-electron chi connectivity index (χ1n) is 6.62. The van der Waals surface area contributed by atoms with Crippen LogP contribution in [0.3, 0.4) is 0 Å². The molecule has 1 aliphatic rings. The predicted molar refractivity (Wildman–Crippen MR) is 72.8 cm³/mol. The second-order valence-electron chi connectivity index (χ2n) is 4.82. The van der Waals surface area contributed by atoms with Crippen LogP contribution < -0.4 is 9.47 Å². The molecule has 5 heteroatoms. The van der Waals surface area contributed by atoms with Gasteiger partial charge in [-0.15, -0.1) is 0 Å².